The van der Waals surface area contributed by atoms with E-state index in [1.165, 1.54) is 24.5 Å². The highest BCUT2D eigenvalue weighted by molar-refractivity contribution is 5.39. The first-order valence-corrected chi connectivity index (χ1v) is 7.00. The molecule has 2 aromatic rings. The average molecular weight is 299 g/mol. The number of hydrogen-bond donors (Lipinski definition) is 0. The molecular formula is C15H14FN5O. The molecule has 1 aliphatic rings. The second-order valence-electron chi connectivity index (χ2n) is 4.99. The van der Waals surface area contributed by atoms with Crippen molar-refractivity contribution in [3.63, 3.8) is 0 Å². The van der Waals surface area contributed by atoms with E-state index in [0.29, 0.717) is 12.4 Å². The van der Waals surface area contributed by atoms with Crippen LogP contribution in [0.25, 0.3) is 0 Å². The molecule has 1 saturated heterocycles. The van der Waals surface area contributed by atoms with E-state index in [1.807, 2.05) is 11.0 Å². The van der Waals surface area contributed by atoms with E-state index in [-0.39, 0.29) is 17.7 Å². The predicted molar refractivity (Wildman–Crippen MR) is 76.8 cm³/mol. The summed E-state index contributed by atoms with van der Waals surface area (Å²) in [7, 11) is 0. The lowest BCUT2D eigenvalue weighted by Gasteiger charge is -2.33. The van der Waals surface area contributed by atoms with Crippen molar-refractivity contribution in [2.45, 2.75) is 18.9 Å². The van der Waals surface area contributed by atoms with Gasteiger partial charge >= 0.3 is 0 Å². The van der Waals surface area contributed by atoms with Crippen molar-refractivity contribution in [2.75, 3.05) is 18.0 Å². The van der Waals surface area contributed by atoms with E-state index in [9.17, 15) is 4.39 Å². The smallest absolute Gasteiger partial charge is 0.250 e. The third-order valence-electron chi connectivity index (χ3n) is 3.44. The second-order valence-corrected chi connectivity index (χ2v) is 4.99. The normalized spacial score (nSPS) is 17.8. The van der Waals surface area contributed by atoms with Crippen molar-refractivity contribution >= 4 is 5.82 Å². The van der Waals surface area contributed by atoms with Crippen LogP contribution in [-0.2, 0) is 0 Å². The van der Waals surface area contributed by atoms with Gasteiger partial charge < -0.3 is 9.64 Å². The number of piperidine rings is 1. The summed E-state index contributed by atoms with van der Waals surface area (Å²) < 4.78 is 19.3. The number of rotatable bonds is 3. The van der Waals surface area contributed by atoms with Crippen LogP contribution in [0.5, 0.6) is 5.88 Å². The minimum atomic E-state index is -0.467. The van der Waals surface area contributed by atoms with Crippen LogP contribution in [0.4, 0.5) is 10.2 Å². The maximum atomic E-state index is 13.6. The zero-order valence-corrected chi connectivity index (χ0v) is 11.8. The van der Waals surface area contributed by atoms with Gasteiger partial charge in [0.15, 0.2) is 11.5 Å². The summed E-state index contributed by atoms with van der Waals surface area (Å²) in [5.41, 5.74) is 0.274. The molecular weight excluding hydrogens is 285 g/mol. The number of ether oxygens (including phenoxy) is 1. The minimum Gasteiger partial charge on any atom is -0.470 e. The molecule has 3 heterocycles. The van der Waals surface area contributed by atoms with Crippen molar-refractivity contribution in [3.05, 3.63) is 42.2 Å². The number of nitrogens with zero attached hydrogens (tertiary/aromatic N) is 5. The summed E-state index contributed by atoms with van der Waals surface area (Å²) in [4.78, 5) is 14.1. The van der Waals surface area contributed by atoms with E-state index in [1.54, 1.807) is 6.20 Å². The lowest BCUT2D eigenvalue weighted by atomic mass is 10.1. The van der Waals surface area contributed by atoms with E-state index in [4.69, 9.17) is 10.00 Å². The fourth-order valence-corrected chi connectivity index (χ4v) is 2.42. The molecule has 0 saturated carbocycles. The Labute approximate surface area is 127 Å². The Morgan fingerprint density at radius 2 is 2.32 bits per heavy atom. The Bertz CT molecular complexity index is 702. The summed E-state index contributed by atoms with van der Waals surface area (Å²) in [6, 6.07) is 4.82. The number of pyridine rings is 1. The average Bonchev–Trinajstić information content (AvgIpc) is 2.57. The topological polar surface area (TPSA) is 74.9 Å². The Kier molecular flexibility index (Phi) is 4.10. The van der Waals surface area contributed by atoms with E-state index in [0.717, 1.165) is 19.4 Å². The Morgan fingerprint density at radius 1 is 1.41 bits per heavy atom. The molecule has 0 aliphatic carbocycles. The molecule has 3 rings (SSSR count). The van der Waals surface area contributed by atoms with Gasteiger partial charge in [-0.1, -0.05) is 0 Å². The molecule has 7 heteroatoms. The lowest BCUT2D eigenvalue weighted by molar-refractivity contribution is 0.164. The van der Waals surface area contributed by atoms with Gasteiger partial charge in [0, 0.05) is 12.7 Å². The van der Waals surface area contributed by atoms with E-state index < -0.39 is 5.82 Å². The highest BCUT2D eigenvalue weighted by Crippen LogP contribution is 2.22. The van der Waals surface area contributed by atoms with Gasteiger partial charge in [0.25, 0.3) is 5.88 Å². The van der Waals surface area contributed by atoms with Crippen molar-refractivity contribution in [1.29, 1.82) is 5.26 Å². The SMILES string of the molecule is N#Cc1cncc(N2CCC[C@H](Oc3ncccc3F)C2)n1. The molecule has 0 N–H and O–H groups in total. The van der Waals surface area contributed by atoms with Crippen LogP contribution >= 0.6 is 0 Å². The molecule has 6 nitrogen and oxygen atoms in total. The summed E-state index contributed by atoms with van der Waals surface area (Å²) >= 11 is 0. The highest BCUT2D eigenvalue weighted by Gasteiger charge is 2.24. The molecule has 0 radical (unpaired) electrons. The van der Waals surface area contributed by atoms with Crippen molar-refractivity contribution in [3.8, 4) is 11.9 Å². The van der Waals surface area contributed by atoms with Gasteiger partial charge in [-0.3, -0.25) is 4.98 Å². The molecule has 22 heavy (non-hydrogen) atoms. The molecule has 0 unspecified atom stereocenters. The van der Waals surface area contributed by atoms with E-state index >= 15 is 0 Å². The molecule has 0 spiro atoms. The van der Waals surface area contributed by atoms with Gasteiger partial charge in [-0.25, -0.2) is 14.4 Å². The maximum absolute atomic E-state index is 13.6. The largest absolute Gasteiger partial charge is 0.470 e. The lowest BCUT2D eigenvalue weighted by Crippen LogP contribution is -2.42. The number of halogens is 1. The summed E-state index contributed by atoms with van der Waals surface area (Å²) in [5, 5.41) is 8.89. The van der Waals surface area contributed by atoms with Gasteiger partial charge in [0.05, 0.1) is 18.9 Å². The maximum Gasteiger partial charge on any atom is 0.250 e. The first-order chi connectivity index (χ1) is 10.8. The zero-order chi connectivity index (χ0) is 15.4. The van der Waals surface area contributed by atoms with Crippen LogP contribution in [-0.4, -0.2) is 34.1 Å². The molecule has 0 aromatic carbocycles. The Hall–Kier alpha value is -2.75. The van der Waals surface area contributed by atoms with Gasteiger partial charge in [-0.2, -0.15) is 5.26 Å². The first kappa shape index (κ1) is 14.2. The van der Waals surface area contributed by atoms with Gasteiger partial charge in [0.2, 0.25) is 0 Å². The third-order valence-corrected chi connectivity index (χ3v) is 3.44. The van der Waals surface area contributed by atoms with Gasteiger partial charge in [0.1, 0.15) is 18.0 Å². The van der Waals surface area contributed by atoms with Crippen molar-refractivity contribution in [1.82, 2.24) is 15.0 Å². The summed E-state index contributed by atoms with van der Waals surface area (Å²) in [6.07, 6.45) is 6.07. The van der Waals surface area contributed by atoms with Gasteiger partial charge in [-0.05, 0) is 25.0 Å². The first-order valence-electron chi connectivity index (χ1n) is 7.00. The number of aromatic nitrogens is 3. The molecule has 2 aromatic heterocycles. The highest BCUT2D eigenvalue weighted by atomic mass is 19.1. The predicted octanol–water partition coefficient (Wildman–Crippen LogP) is 1.93. The molecule has 0 bridgehead atoms. The van der Waals surface area contributed by atoms with Crippen LogP contribution in [0, 0.1) is 17.1 Å². The van der Waals surface area contributed by atoms with Crippen molar-refractivity contribution < 1.29 is 9.13 Å². The number of anilines is 1. The monoisotopic (exact) mass is 299 g/mol. The molecule has 1 aliphatic heterocycles. The van der Waals surface area contributed by atoms with Crippen molar-refractivity contribution in [2.24, 2.45) is 0 Å². The standard InChI is InChI=1S/C15H14FN5O/c16-13-4-1-5-19-15(13)22-12-3-2-6-21(10-12)14-9-18-8-11(7-17)20-14/h1,4-5,8-9,12H,2-3,6,10H2/t12-/m0/s1. The van der Waals surface area contributed by atoms with E-state index in [2.05, 4.69) is 15.0 Å². The quantitative estimate of drug-likeness (QED) is 0.862. The van der Waals surface area contributed by atoms with Gasteiger partial charge in [-0.15, -0.1) is 0 Å². The van der Waals surface area contributed by atoms with Crippen LogP contribution in [0.3, 0.4) is 0 Å². The Balaban J connectivity index is 1.71. The fourth-order valence-electron chi connectivity index (χ4n) is 2.42. The van der Waals surface area contributed by atoms with Crippen LogP contribution in [0.2, 0.25) is 0 Å². The number of hydrogen-bond acceptors (Lipinski definition) is 6. The molecule has 1 fully saturated rings. The Morgan fingerprint density at radius 3 is 3.14 bits per heavy atom. The summed E-state index contributed by atoms with van der Waals surface area (Å²) in [5.74, 6) is 0.186. The fraction of sp³-hybridized carbons (Fsp3) is 0.333. The van der Waals surface area contributed by atoms with Crippen LogP contribution in [0.15, 0.2) is 30.7 Å². The molecule has 112 valence electrons. The van der Waals surface area contributed by atoms with Crippen LogP contribution in [0.1, 0.15) is 18.5 Å². The molecule has 1 atom stereocenters. The molecule has 0 amide bonds. The summed E-state index contributed by atoms with van der Waals surface area (Å²) in [6.45, 7) is 1.35. The van der Waals surface area contributed by atoms with Crippen LogP contribution < -0.4 is 9.64 Å². The third kappa shape index (κ3) is 3.11. The zero-order valence-electron chi connectivity index (χ0n) is 11.8. The second kappa shape index (κ2) is 6.35. The number of nitriles is 1. The minimum absolute atomic E-state index is 0.0196.